The van der Waals surface area contributed by atoms with Crippen molar-refractivity contribution in [1.82, 2.24) is 14.8 Å². The molecule has 1 aromatic heterocycles. The van der Waals surface area contributed by atoms with Gasteiger partial charge in [-0.25, -0.2) is 4.68 Å². The number of nitrogens with zero attached hydrogens (tertiary/aromatic N) is 3. The molecule has 0 spiro atoms. The second-order valence-corrected chi connectivity index (χ2v) is 6.46. The molecule has 0 aliphatic carbocycles. The van der Waals surface area contributed by atoms with Crippen LogP contribution in [-0.4, -0.2) is 32.9 Å². The Morgan fingerprint density at radius 1 is 1.25 bits per heavy atom. The van der Waals surface area contributed by atoms with Crippen LogP contribution in [0.15, 0.2) is 59.8 Å². The molecule has 8 nitrogen and oxygen atoms in total. The minimum Gasteiger partial charge on any atom is -0.508 e. The maximum Gasteiger partial charge on any atom is 0.248 e. The topological polar surface area (TPSA) is 115 Å². The van der Waals surface area contributed by atoms with Crippen LogP contribution in [0.2, 0.25) is 0 Å². The lowest BCUT2D eigenvalue weighted by Gasteiger charge is -2.27. The first-order chi connectivity index (χ1) is 13.5. The molecule has 28 heavy (non-hydrogen) atoms. The zero-order valence-corrected chi connectivity index (χ0v) is 15.4. The molecule has 142 valence electrons. The molecule has 1 aliphatic rings. The average molecular weight is 377 g/mol. The normalized spacial score (nSPS) is 15.7. The Bertz CT molecular complexity index is 1100. The molecular formula is C20H19N5O3. The van der Waals surface area contributed by atoms with Gasteiger partial charge in [0.05, 0.1) is 12.7 Å². The third kappa shape index (κ3) is 2.94. The van der Waals surface area contributed by atoms with Crippen molar-refractivity contribution >= 4 is 11.9 Å². The van der Waals surface area contributed by atoms with E-state index in [2.05, 4.69) is 15.4 Å². The van der Waals surface area contributed by atoms with Crippen LogP contribution in [0.3, 0.4) is 0 Å². The van der Waals surface area contributed by atoms with Crippen molar-refractivity contribution in [1.29, 1.82) is 0 Å². The summed E-state index contributed by atoms with van der Waals surface area (Å²) in [5, 5.41) is 17.5. The Morgan fingerprint density at radius 3 is 2.75 bits per heavy atom. The number of rotatable bonds is 4. The summed E-state index contributed by atoms with van der Waals surface area (Å²) in [5.74, 6) is 1.14. The second-order valence-electron chi connectivity index (χ2n) is 6.46. The molecular weight excluding hydrogens is 358 g/mol. The number of nitrogens with one attached hydrogen (secondary N) is 1. The van der Waals surface area contributed by atoms with Crippen molar-refractivity contribution in [3.8, 4) is 22.9 Å². The summed E-state index contributed by atoms with van der Waals surface area (Å²) in [6.45, 7) is 1.78. The van der Waals surface area contributed by atoms with E-state index < -0.39 is 11.9 Å². The number of anilines is 1. The van der Waals surface area contributed by atoms with E-state index in [1.165, 1.54) is 0 Å². The van der Waals surface area contributed by atoms with Crippen LogP contribution in [0.1, 0.15) is 18.5 Å². The SMILES string of the molecule is COc1cccc(C2C(C(N)=O)=C(C)Nc3nc(-c4cccc(O)c4)nn32)c1. The van der Waals surface area contributed by atoms with Crippen molar-refractivity contribution in [3.05, 3.63) is 65.4 Å². The predicted octanol–water partition coefficient (Wildman–Crippen LogP) is 2.43. The van der Waals surface area contributed by atoms with E-state index in [4.69, 9.17) is 10.5 Å². The quantitative estimate of drug-likeness (QED) is 0.643. The third-order valence-electron chi connectivity index (χ3n) is 4.63. The van der Waals surface area contributed by atoms with E-state index >= 15 is 0 Å². The van der Waals surface area contributed by atoms with Crippen LogP contribution in [0, 0.1) is 0 Å². The van der Waals surface area contributed by atoms with Gasteiger partial charge in [-0.1, -0.05) is 24.3 Å². The number of allylic oxidation sites excluding steroid dienone is 1. The average Bonchev–Trinajstić information content (AvgIpc) is 3.10. The van der Waals surface area contributed by atoms with Crippen LogP contribution in [0.25, 0.3) is 11.4 Å². The molecule has 0 saturated carbocycles. The fourth-order valence-electron chi connectivity index (χ4n) is 3.36. The Labute approximate surface area is 161 Å². The molecule has 0 fully saturated rings. The highest BCUT2D eigenvalue weighted by molar-refractivity contribution is 5.95. The number of aromatic nitrogens is 3. The van der Waals surface area contributed by atoms with E-state index in [0.717, 1.165) is 5.56 Å². The zero-order valence-electron chi connectivity index (χ0n) is 15.4. The lowest BCUT2D eigenvalue weighted by atomic mass is 9.95. The van der Waals surface area contributed by atoms with E-state index in [-0.39, 0.29) is 5.75 Å². The lowest BCUT2D eigenvalue weighted by molar-refractivity contribution is -0.115. The van der Waals surface area contributed by atoms with E-state index in [0.29, 0.717) is 34.4 Å². The van der Waals surface area contributed by atoms with Crippen LogP contribution in [0.4, 0.5) is 5.95 Å². The third-order valence-corrected chi connectivity index (χ3v) is 4.63. The molecule has 1 atom stereocenters. The van der Waals surface area contributed by atoms with Gasteiger partial charge in [0.25, 0.3) is 0 Å². The Hall–Kier alpha value is -3.81. The standard InChI is InChI=1S/C20H19N5O3/c1-11-16(18(21)27)17(12-5-4-8-15(10-12)28-2)25-20(22-11)23-19(24-25)13-6-3-7-14(26)9-13/h3-10,17,26H,1-2H3,(H2,21,27)(H,22,23,24). The zero-order chi connectivity index (χ0) is 19.8. The maximum absolute atomic E-state index is 12.2. The van der Waals surface area contributed by atoms with Gasteiger partial charge in [0.15, 0.2) is 5.82 Å². The van der Waals surface area contributed by atoms with Crippen LogP contribution >= 0.6 is 0 Å². The van der Waals surface area contributed by atoms with Gasteiger partial charge >= 0.3 is 0 Å². The molecule has 1 amide bonds. The summed E-state index contributed by atoms with van der Waals surface area (Å²) in [6.07, 6.45) is 0. The lowest BCUT2D eigenvalue weighted by Crippen LogP contribution is -2.31. The van der Waals surface area contributed by atoms with E-state index in [9.17, 15) is 9.90 Å². The molecule has 1 aliphatic heterocycles. The molecule has 0 radical (unpaired) electrons. The minimum absolute atomic E-state index is 0.120. The molecule has 2 heterocycles. The number of phenols is 1. The number of phenolic OH excluding ortho intramolecular Hbond substituents is 1. The van der Waals surface area contributed by atoms with E-state index in [1.807, 2.05) is 24.3 Å². The van der Waals surface area contributed by atoms with Crippen LogP contribution < -0.4 is 15.8 Å². The molecule has 8 heteroatoms. The molecule has 4 N–H and O–H groups in total. The van der Waals surface area contributed by atoms with Crippen molar-refractivity contribution in [2.45, 2.75) is 13.0 Å². The number of hydrogen-bond donors (Lipinski definition) is 3. The van der Waals surface area contributed by atoms with Gasteiger partial charge in [0.1, 0.15) is 17.5 Å². The van der Waals surface area contributed by atoms with Gasteiger partial charge in [-0.05, 0) is 36.8 Å². The summed E-state index contributed by atoms with van der Waals surface area (Å²) in [7, 11) is 1.58. The van der Waals surface area contributed by atoms with Gasteiger partial charge in [-0.3, -0.25) is 4.79 Å². The number of carbonyl (C=O) groups is 1. The summed E-state index contributed by atoms with van der Waals surface area (Å²) < 4.78 is 6.95. The Morgan fingerprint density at radius 2 is 2.04 bits per heavy atom. The number of aromatic hydroxyl groups is 1. The highest BCUT2D eigenvalue weighted by Crippen LogP contribution is 2.37. The van der Waals surface area contributed by atoms with Crippen LogP contribution in [0.5, 0.6) is 11.5 Å². The summed E-state index contributed by atoms with van der Waals surface area (Å²) in [5.41, 5.74) is 8.15. The number of nitrogens with two attached hydrogens (primary N) is 1. The molecule has 3 aromatic rings. The van der Waals surface area contributed by atoms with Gasteiger partial charge in [-0.2, -0.15) is 4.98 Å². The molecule has 1 unspecified atom stereocenters. The minimum atomic E-state index is -0.553. The van der Waals surface area contributed by atoms with Crippen molar-refractivity contribution in [2.24, 2.45) is 5.73 Å². The largest absolute Gasteiger partial charge is 0.508 e. The number of primary amides is 1. The van der Waals surface area contributed by atoms with Crippen molar-refractivity contribution in [2.75, 3.05) is 12.4 Å². The summed E-state index contributed by atoms with van der Waals surface area (Å²) in [6, 6.07) is 13.5. The number of fused-ring (bicyclic) bond motifs is 1. The van der Waals surface area contributed by atoms with Gasteiger partial charge < -0.3 is 20.9 Å². The highest BCUT2D eigenvalue weighted by atomic mass is 16.5. The van der Waals surface area contributed by atoms with Gasteiger partial charge in [0, 0.05) is 11.3 Å². The second kappa shape index (κ2) is 6.73. The first-order valence-corrected chi connectivity index (χ1v) is 8.65. The first-order valence-electron chi connectivity index (χ1n) is 8.65. The smallest absolute Gasteiger partial charge is 0.248 e. The molecule has 2 aromatic carbocycles. The van der Waals surface area contributed by atoms with Gasteiger partial charge in [0.2, 0.25) is 11.9 Å². The van der Waals surface area contributed by atoms with Crippen molar-refractivity contribution < 1.29 is 14.6 Å². The summed E-state index contributed by atoms with van der Waals surface area (Å²) in [4.78, 5) is 16.8. The fraction of sp³-hybridized carbons (Fsp3) is 0.150. The monoisotopic (exact) mass is 377 g/mol. The van der Waals surface area contributed by atoms with Gasteiger partial charge in [-0.15, -0.1) is 5.10 Å². The van der Waals surface area contributed by atoms with E-state index in [1.54, 1.807) is 43.0 Å². The molecule has 0 bridgehead atoms. The number of ether oxygens (including phenoxy) is 1. The number of carbonyl (C=O) groups excluding carboxylic acids is 1. The fourth-order valence-corrected chi connectivity index (χ4v) is 3.36. The number of benzene rings is 2. The number of amides is 1. The highest BCUT2D eigenvalue weighted by Gasteiger charge is 2.33. The first kappa shape index (κ1) is 17.6. The van der Waals surface area contributed by atoms with Crippen LogP contribution in [-0.2, 0) is 4.79 Å². The molecule has 0 saturated heterocycles. The maximum atomic E-state index is 12.2. The predicted molar refractivity (Wildman–Crippen MR) is 104 cm³/mol. The summed E-state index contributed by atoms with van der Waals surface area (Å²) >= 11 is 0. The Kier molecular flexibility index (Phi) is 4.23. The molecule has 4 rings (SSSR count). The number of hydrogen-bond acceptors (Lipinski definition) is 6. The Balaban J connectivity index is 1.89. The number of methoxy groups -OCH3 is 1. The van der Waals surface area contributed by atoms with Crippen molar-refractivity contribution in [3.63, 3.8) is 0 Å².